The van der Waals surface area contributed by atoms with Gasteiger partial charge in [0.15, 0.2) is 0 Å². The third-order valence-corrected chi connectivity index (χ3v) is 2.80. The summed E-state index contributed by atoms with van der Waals surface area (Å²) in [4.78, 5) is 0. The van der Waals surface area contributed by atoms with Gasteiger partial charge in [-0.3, -0.25) is 0 Å². The number of hydrogen-bond donors (Lipinski definition) is 2. The fourth-order valence-corrected chi connectivity index (χ4v) is 1.92. The first-order chi connectivity index (χ1) is 5.79. The molecule has 2 nitrogen and oxygen atoms in total. The second-order valence-electron chi connectivity index (χ2n) is 4.09. The van der Waals surface area contributed by atoms with Crippen molar-refractivity contribution < 1.29 is 0 Å². The van der Waals surface area contributed by atoms with Gasteiger partial charge in [0.1, 0.15) is 0 Å². The average Bonchev–Trinajstić information content (AvgIpc) is 2.04. The summed E-state index contributed by atoms with van der Waals surface area (Å²) < 4.78 is 0. The molecule has 2 unspecified atom stereocenters. The van der Waals surface area contributed by atoms with Gasteiger partial charge in [0.05, 0.1) is 0 Å². The highest BCUT2D eigenvalue weighted by Crippen LogP contribution is 2.15. The van der Waals surface area contributed by atoms with Crippen molar-refractivity contribution in [3.05, 3.63) is 0 Å². The molecule has 1 aliphatic carbocycles. The summed E-state index contributed by atoms with van der Waals surface area (Å²) in [6.45, 7) is 0. The zero-order chi connectivity index (χ0) is 8.81. The third-order valence-electron chi connectivity index (χ3n) is 2.80. The quantitative estimate of drug-likeness (QED) is 0.582. The second-order valence-corrected chi connectivity index (χ2v) is 4.09. The Kier molecular flexibility index (Phi) is 4.62. The summed E-state index contributed by atoms with van der Waals surface area (Å²) in [5.74, 6) is 0. The topological polar surface area (TPSA) is 52.0 Å². The van der Waals surface area contributed by atoms with Crippen LogP contribution in [0.5, 0.6) is 0 Å². The van der Waals surface area contributed by atoms with Gasteiger partial charge < -0.3 is 11.5 Å². The number of nitrogens with two attached hydrogens (primary N) is 2. The van der Waals surface area contributed by atoms with Crippen molar-refractivity contribution in [2.75, 3.05) is 0 Å². The van der Waals surface area contributed by atoms with Crippen LogP contribution in [0.25, 0.3) is 0 Å². The van der Waals surface area contributed by atoms with Crippen molar-refractivity contribution in [2.24, 2.45) is 11.5 Å². The fourth-order valence-electron chi connectivity index (χ4n) is 1.92. The van der Waals surface area contributed by atoms with Crippen molar-refractivity contribution in [1.82, 2.24) is 0 Å². The molecule has 0 heterocycles. The smallest absolute Gasteiger partial charge is 0.00388 e. The molecule has 1 fully saturated rings. The minimum absolute atomic E-state index is 0.440. The van der Waals surface area contributed by atoms with Gasteiger partial charge in [-0.1, -0.05) is 25.7 Å². The molecule has 0 spiro atoms. The van der Waals surface area contributed by atoms with Crippen LogP contribution in [0.15, 0.2) is 0 Å². The normalized spacial score (nSPS) is 34.5. The Balaban J connectivity index is 2.21. The number of rotatable bonds is 0. The van der Waals surface area contributed by atoms with E-state index in [1.54, 1.807) is 0 Å². The lowest BCUT2D eigenvalue weighted by molar-refractivity contribution is 0.431. The molecule has 72 valence electrons. The van der Waals surface area contributed by atoms with Crippen LogP contribution in [0.3, 0.4) is 0 Å². The van der Waals surface area contributed by atoms with Gasteiger partial charge in [-0.05, 0) is 25.7 Å². The molecule has 0 aromatic carbocycles. The molecule has 2 atom stereocenters. The average molecular weight is 170 g/mol. The highest BCUT2D eigenvalue weighted by atomic mass is 14.6. The van der Waals surface area contributed by atoms with Crippen LogP contribution < -0.4 is 11.5 Å². The highest BCUT2D eigenvalue weighted by Gasteiger charge is 2.08. The van der Waals surface area contributed by atoms with E-state index in [0.29, 0.717) is 12.1 Å². The van der Waals surface area contributed by atoms with Crippen molar-refractivity contribution in [2.45, 2.75) is 63.5 Å². The predicted octanol–water partition coefficient (Wildman–Crippen LogP) is 1.78. The minimum atomic E-state index is 0.440. The SMILES string of the molecule is NC1CCCCCC(N)CCC1. The van der Waals surface area contributed by atoms with Gasteiger partial charge in [0, 0.05) is 12.1 Å². The first-order valence-corrected chi connectivity index (χ1v) is 5.30. The Morgan fingerprint density at radius 3 is 1.50 bits per heavy atom. The van der Waals surface area contributed by atoms with Crippen LogP contribution >= 0.6 is 0 Å². The van der Waals surface area contributed by atoms with Gasteiger partial charge in [-0.15, -0.1) is 0 Å². The summed E-state index contributed by atoms with van der Waals surface area (Å²) in [6, 6.07) is 0.880. The Labute approximate surface area is 75.7 Å². The Morgan fingerprint density at radius 1 is 0.583 bits per heavy atom. The van der Waals surface area contributed by atoms with E-state index in [4.69, 9.17) is 11.5 Å². The molecule has 0 aromatic heterocycles. The van der Waals surface area contributed by atoms with E-state index in [1.165, 1.54) is 51.4 Å². The Hall–Kier alpha value is -0.0800. The summed E-state index contributed by atoms with van der Waals surface area (Å²) >= 11 is 0. The molecule has 0 bridgehead atoms. The van der Waals surface area contributed by atoms with Crippen molar-refractivity contribution in [1.29, 1.82) is 0 Å². The third kappa shape index (κ3) is 4.07. The first-order valence-electron chi connectivity index (χ1n) is 5.30. The van der Waals surface area contributed by atoms with Gasteiger partial charge in [-0.25, -0.2) is 0 Å². The molecule has 1 saturated carbocycles. The lowest BCUT2D eigenvalue weighted by Crippen LogP contribution is -2.24. The first kappa shape index (κ1) is 10.0. The van der Waals surface area contributed by atoms with Gasteiger partial charge >= 0.3 is 0 Å². The molecule has 1 aliphatic rings. The maximum atomic E-state index is 5.93. The van der Waals surface area contributed by atoms with Gasteiger partial charge in [0.25, 0.3) is 0 Å². The maximum absolute atomic E-state index is 5.93. The Bertz CT molecular complexity index is 102. The molecular formula is C10H22N2. The van der Waals surface area contributed by atoms with Gasteiger partial charge in [-0.2, -0.15) is 0 Å². The van der Waals surface area contributed by atoms with E-state index in [0.717, 1.165) is 0 Å². The minimum Gasteiger partial charge on any atom is -0.328 e. The summed E-state index contributed by atoms with van der Waals surface area (Å²) in [5.41, 5.74) is 11.9. The van der Waals surface area contributed by atoms with Crippen LogP contribution in [-0.2, 0) is 0 Å². The van der Waals surface area contributed by atoms with Crippen LogP contribution in [0, 0.1) is 0 Å². The summed E-state index contributed by atoms with van der Waals surface area (Å²) in [6.07, 6.45) is 9.93. The fraction of sp³-hybridized carbons (Fsp3) is 1.00. The molecule has 12 heavy (non-hydrogen) atoms. The van der Waals surface area contributed by atoms with E-state index in [1.807, 2.05) is 0 Å². The maximum Gasteiger partial charge on any atom is 0.00388 e. The molecule has 2 heteroatoms. The molecular weight excluding hydrogens is 148 g/mol. The molecule has 4 N–H and O–H groups in total. The van der Waals surface area contributed by atoms with Crippen molar-refractivity contribution in [3.8, 4) is 0 Å². The van der Waals surface area contributed by atoms with E-state index < -0.39 is 0 Å². The lowest BCUT2D eigenvalue weighted by atomic mass is 9.96. The van der Waals surface area contributed by atoms with Crippen molar-refractivity contribution >= 4 is 0 Å². The van der Waals surface area contributed by atoms with E-state index in [-0.39, 0.29) is 0 Å². The number of hydrogen-bond acceptors (Lipinski definition) is 2. The largest absolute Gasteiger partial charge is 0.328 e. The van der Waals surface area contributed by atoms with Crippen LogP contribution in [-0.4, -0.2) is 12.1 Å². The monoisotopic (exact) mass is 170 g/mol. The van der Waals surface area contributed by atoms with E-state index in [9.17, 15) is 0 Å². The molecule has 0 aliphatic heterocycles. The predicted molar refractivity (Wildman–Crippen MR) is 52.9 cm³/mol. The van der Waals surface area contributed by atoms with Crippen LogP contribution in [0.4, 0.5) is 0 Å². The van der Waals surface area contributed by atoms with Crippen LogP contribution in [0.1, 0.15) is 51.4 Å². The lowest BCUT2D eigenvalue weighted by Gasteiger charge is -2.17. The van der Waals surface area contributed by atoms with Crippen LogP contribution in [0.2, 0.25) is 0 Å². The zero-order valence-corrected chi connectivity index (χ0v) is 7.97. The summed E-state index contributed by atoms with van der Waals surface area (Å²) in [5, 5.41) is 0. The molecule has 1 rings (SSSR count). The van der Waals surface area contributed by atoms with E-state index in [2.05, 4.69) is 0 Å². The summed E-state index contributed by atoms with van der Waals surface area (Å²) in [7, 11) is 0. The van der Waals surface area contributed by atoms with Gasteiger partial charge in [0.2, 0.25) is 0 Å². The standard InChI is InChI=1S/C10H22N2/c11-9-5-2-1-3-6-10(12)8-4-7-9/h9-10H,1-8,11-12H2. The Morgan fingerprint density at radius 2 is 1.00 bits per heavy atom. The second kappa shape index (κ2) is 5.55. The zero-order valence-electron chi connectivity index (χ0n) is 7.97. The van der Waals surface area contributed by atoms with Crippen molar-refractivity contribution in [3.63, 3.8) is 0 Å². The molecule has 0 aromatic rings. The highest BCUT2D eigenvalue weighted by molar-refractivity contribution is 4.68. The molecule has 0 radical (unpaired) electrons. The molecule has 0 saturated heterocycles. The van der Waals surface area contributed by atoms with E-state index >= 15 is 0 Å². The molecule has 0 amide bonds.